The molecule has 0 saturated carbocycles. The van der Waals surface area contributed by atoms with Gasteiger partial charge in [0.2, 0.25) is 0 Å². The van der Waals surface area contributed by atoms with Gasteiger partial charge in [0, 0.05) is 43.3 Å². The van der Waals surface area contributed by atoms with Crippen molar-refractivity contribution in [2.24, 2.45) is 0 Å². The Labute approximate surface area is 272 Å². The molecule has 8 rings (SSSR count). The Morgan fingerprint density at radius 1 is 0.614 bits per heavy atom. The van der Waals surface area contributed by atoms with E-state index < -0.39 is 0 Å². The van der Waals surface area contributed by atoms with Gasteiger partial charge in [-0.1, -0.05) is 85.5 Å². The molecule has 1 aliphatic carbocycles. The minimum atomic E-state index is -0.218. The largest absolute Gasteiger partial charge is 0.504 e. The third-order valence-electron chi connectivity index (χ3n) is 8.68. The zero-order chi connectivity index (χ0) is 29.6. The van der Waals surface area contributed by atoms with Gasteiger partial charge >= 0.3 is 0 Å². The number of benzene rings is 4. The summed E-state index contributed by atoms with van der Waals surface area (Å²) >= 11 is 0. The van der Waals surface area contributed by atoms with E-state index in [0.29, 0.717) is 0 Å². The number of pyridine rings is 2. The standard InChI is InChI=1S/C29H24NO.C11H8N.Ir/c1-28(2)22-14-7-8-15-23(22)29(3,4)27-24(28)20-12-9-13-21(26(20)31-27)25-19-11-6-5-10-18(19)16-17-30-25;1-2-6-10(7-3-1)11-8-4-5-9-12-11;/h5-12,14-17H,1-4H3;1-6,8-9H;/q2*-1;. The predicted octanol–water partition coefficient (Wildman–Crippen LogP) is 9.96. The van der Waals surface area contributed by atoms with Crippen molar-refractivity contribution in [1.29, 1.82) is 0 Å². The zero-order valence-corrected chi connectivity index (χ0v) is 27.6. The van der Waals surface area contributed by atoms with Gasteiger partial charge < -0.3 is 14.4 Å². The van der Waals surface area contributed by atoms with Crippen LogP contribution in [0.2, 0.25) is 0 Å². The van der Waals surface area contributed by atoms with Gasteiger partial charge in [-0.3, -0.25) is 0 Å². The molecule has 0 amide bonds. The Morgan fingerprint density at radius 3 is 2.09 bits per heavy atom. The molecule has 0 bridgehead atoms. The van der Waals surface area contributed by atoms with Crippen molar-refractivity contribution in [1.82, 2.24) is 9.97 Å². The molecule has 0 atom stereocenters. The van der Waals surface area contributed by atoms with Crippen LogP contribution < -0.4 is 0 Å². The van der Waals surface area contributed by atoms with Crippen LogP contribution in [-0.4, -0.2) is 9.97 Å². The van der Waals surface area contributed by atoms with Crippen LogP contribution in [0.3, 0.4) is 0 Å². The van der Waals surface area contributed by atoms with Gasteiger partial charge in [-0.05, 0) is 64.8 Å². The van der Waals surface area contributed by atoms with Gasteiger partial charge in [-0.25, -0.2) is 0 Å². The Balaban J connectivity index is 0.000000222. The molecule has 3 nitrogen and oxygen atoms in total. The molecule has 4 aromatic carbocycles. The number of hydrogen-bond acceptors (Lipinski definition) is 3. The molecule has 4 heteroatoms. The third-order valence-corrected chi connectivity index (χ3v) is 8.68. The summed E-state index contributed by atoms with van der Waals surface area (Å²) < 4.78 is 6.76. The van der Waals surface area contributed by atoms with Gasteiger partial charge in [0.15, 0.2) is 0 Å². The first-order chi connectivity index (χ1) is 20.9. The van der Waals surface area contributed by atoms with E-state index in [1.165, 1.54) is 22.1 Å². The van der Waals surface area contributed by atoms with Gasteiger partial charge in [0.25, 0.3) is 0 Å². The minimum Gasteiger partial charge on any atom is -0.504 e. The van der Waals surface area contributed by atoms with E-state index in [2.05, 4.69) is 105 Å². The second-order valence-corrected chi connectivity index (χ2v) is 12.1. The van der Waals surface area contributed by atoms with Crippen molar-refractivity contribution in [3.63, 3.8) is 0 Å². The van der Waals surface area contributed by atoms with Crippen LogP contribution >= 0.6 is 0 Å². The molecule has 3 heterocycles. The summed E-state index contributed by atoms with van der Waals surface area (Å²) in [5.41, 5.74) is 8.35. The van der Waals surface area contributed by atoms with E-state index in [1.54, 1.807) is 6.20 Å². The molecule has 0 N–H and O–H groups in total. The van der Waals surface area contributed by atoms with E-state index in [0.717, 1.165) is 44.6 Å². The minimum absolute atomic E-state index is 0. The molecule has 44 heavy (non-hydrogen) atoms. The maximum absolute atomic E-state index is 6.76. The molecule has 3 aromatic heterocycles. The van der Waals surface area contributed by atoms with Gasteiger partial charge in [0.05, 0.1) is 5.58 Å². The van der Waals surface area contributed by atoms with E-state index in [9.17, 15) is 0 Å². The first-order valence-electron chi connectivity index (χ1n) is 14.7. The normalized spacial score (nSPS) is 14.1. The van der Waals surface area contributed by atoms with Crippen LogP contribution in [0.5, 0.6) is 0 Å². The molecule has 0 saturated heterocycles. The van der Waals surface area contributed by atoms with E-state index in [-0.39, 0.29) is 30.9 Å². The van der Waals surface area contributed by atoms with Crippen molar-refractivity contribution >= 4 is 21.7 Å². The van der Waals surface area contributed by atoms with E-state index >= 15 is 0 Å². The second kappa shape index (κ2) is 11.6. The summed E-state index contributed by atoms with van der Waals surface area (Å²) in [6.45, 7) is 9.15. The molecular formula is C40H32IrN2O-2. The number of aromatic nitrogens is 2. The second-order valence-electron chi connectivity index (χ2n) is 12.1. The van der Waals surface area contributed by atoms with E-state index in [1.807, 2.05) is 54.7 Å². The summed E-state index contributed by atoms with van der Waals surface area (Å²) in [7, 11) is 0. The SMILES string of the molecule is CC1(C)c2ccccc2C(C)(C)c2c1oc1c(-c3nccc4ccccc34)[c-]ccc21.[Ir].[c-]1ccccc1-c1ccccn1. The summed E-state index contributed by atoms with van der Waals surface area (Å²) in [5, 5.41) is 3.44. The quantitative estimate of drug-likeness (QED) is 0.165. The summed E-state index contributed by atoms with van der Waals surface area (Å²) in [6, 6.07) is 43.6. The fourth-order valence-corrected chi connectivity index (χ4v) is 6.52. The van der Waals surface area contributed by atoms with Crippen molar-refractivity contribution in [2.75, 3.05) is 0 Å². The van der Waals surface area contributed by atoms with Gasteiger partial charge in [-0.2, -0.15) is 0 Å². The number of furan rings is 1. The molecule has 219 valence electrons. The van der Waals surface area contributed by atoms with Crippen LogP contribution in [0.1, 0.15) is 50.1 Å². The Hall–Kier alpha value is -4.37. The molecule has 0 unspecified atom stereocenters. The van der Waals surface area contributed by atoms with Crippen molar-refractivity contribution in [3.05, 3.63) is 156 Å². The molecule has 1 aliphatic rings. The summed E-state index contributed by atoms with van der Waals surface area (Å²) in [5.74, 6) is 1.05. The van der Waals surface area contributed by atoms with Crippen molar-refractivity contribution in [2.45, 2.75) is 38.5 Å². The molecular weight excluding hydrogens is 717 g/mol. The summed E-state index contributed by atoms with van der Waals surface area (Å²) in [4.78, 5) is 8.97. The zero-order valence-electron chi connectivity index (χ0n) is 25.2. The maximum atomic E-state index is 6.76. The van der Waals surface area contributed by atoms with Gasteiger partial charge in [0.1, 0.15) is 5.76 Å². The average Bonchev–Trinajstić information content (AvgIpc) is 3.48. The average molecular weight is 749 g/mol. The smallest absolute Gasteiger partial charge is 0.104 e. The first kappa shape index (κ1) is 29.7. The number of nitrogens with zero attached hydrogens (tertiary/aromatic N) is 2. The molecule has 0 aliphatic heterocycles. The van der Waals surface area contributed by atoms with Crippen LogP contribution in [0, 0.1) is 12.1 Å². The van der Waals surface area contributed by atoms with Crippen LogP contribution in [-0.2, 0) is 30.9 Å². The fraction of sp³-hybridized carbons (Fsp3) is 0.150. The molecule has 0 fully saturated rings. The molecule has 1 radical (unpaired) electrons. The Morgan fingerprint density at radius 2 is 1.34 bits per heavy atom. The maximum Gasteiger partial charge on any atom is 0.104 e. The molecule has 7 aromatic rings. The number of rotatable bonds is 2. The molecule has 0 spiro atoms. The Bertz CT molecular complexity index is 2040. The van der Waals surface area contributed by atoms with Crippen LogP contribution in [0.15, 0.2) is 126 Å². The summed E-state index contributed by atoms with van der Waals surface area (Å²) in [6.07, 6.45) is 3.66. The Kier molecular flexibility index (Phi) is 7.84. The third kappa shape index (κ3) is 4.89. The van der Waals surface area contributed by atoms with Crippen molar-refractivity contribution < 1.29 is 24.5 Å². The predicted molar refractivity (Wildman–Crippen MR) is 175 cm³/mol. The topological polar surface area (TPSA) is 38.9 Å². The monoisotopic (exact) mass is 749 g/mol. The first-order valence-corrected chi connectivity index (χ1v) is 14.7. The number of hydrogen-bond donors (Lipinski definition) is 0. The van der Waals surface area contributed by atoms with E-state index in [4.69, 9.17) is 9.40 Å². The van der Waals surface area contributed by atoms with Gasteiger partial charge in [-0.15, -0.1) is 54.1 Å². The fourth-order valence-electron chi connectivity index (χ4n) is 6.52. The van der Waals surface area contributed by atoms with Crippen molar-refractivity contribution in [3.8, 4) is 22.5 Å². The van der Waals surface area contributed by atoms with Crippen LogP contribution in [0.4, 0.5) is 0 Å². The number of fused-ring (bicyclic) bond motifs is 5. The van der Waals surface area contributed by atoms with Crippen LogP contribution in [0.25, 0.3) is 44.3 Å².